The maximum atomic E-state index is 5.85. The van der Waals surface area contributed by atoms with Gasteiger partial charge in [-0.3, -0.25) is 0 Å². The monoisotopic (exact) mass is 229 g/mol. The summed E-state index contributed by atoms with van der Waals surface area (Å²) in [7, 11) is 0. The van der Waals surface area contributed by atoms with E-state index in [9.17, 15) is 0 Å². The van der Waals surface area contributed by atoms with E-state index < -0.39 is 0 Å². The minimum absolute atomic E-state index is 0.180. The van der Waals surface area contributed by atoms with Crippen molar-refractivity contribution in [3.05, 3.63) is 5.89 Å². The van der Waals surface area contributed by atoms with Crippen molar-refractivity contribution in [1.29, 1.82) is 0 Å². The van der Waals surface area contributed by atoms with Gasteiger partial charge in [0.15, 0.2) is 0 Å². The topological polar surface area (TPSA) is 51.0 Å². The van der Waals surface area contributed by atoms with Gasteiger partial charge in [0, 0.05) is 5.54 Å². The highest BCUT2D eigenvalue weighted by molar-refractivity contribution is 6.20. The molecule has 1 fully saturated rings. The molecule has 4 nitrogen and oxygen atoms in total. The zero-order valence-corrected chi connectivity index (χ0v) is 9.84. The first-order valence-electron chi connectivity index (χ1n) is 5.41. The first kappa shape index (κ1) is 10.7. The van der Waals surface area contributed by atoms with Gasteiger partial charge in [-0.25, -0.2) is 0 Å². The first-order chi connectivity index (χ1) is 7.15. The van der Waals surface area contributed by atoms with Crippen LogP contribution in [-0.2, 0) is 0 Å². The average molecular weight is 230 g/mol. The summed E-state index contributed by atoms with van der Waals surface area (Å²) >= 11 is 5.85. The highest BCUT2D eigenvalue weighted by Crippen LogP contribution is 2.37. The number of halogens is 1. The second-order valence-corrected chi connectivity index (χ2v) is 4.83. The molecule has 2 rings (SSSR count). The van der Waals surface area contributed by atoms with Gasteiger partial charge in [-0.15, -0.1) is 16.7 Å². The molecule has 1 aromatic heterocycles. The van der Waals surface area contributed by atoms with Crippen LogP contribution >= 0.6 is 11.6 Å². The fraction of sp³-hybridized carbons (Fsp3) is 0.800. The standard InChI is InChI=1S/C10H16ClN3O/c1-3-10(5-4-6-10)12-9-14-13-8(15-9)7(2)11/h7H,3-6H2,1-2H3,(H,12,14). The largest absolute Gasteiger partial charge is 0.406 e. The van der Waals surface area contributed by atoms with Gasteiger partial charge in [-0.2, -0.15) is 0 Å². The zero-order valence-electron chi connectivity index (χ0n) is 9.09. The van der Waals surface area contributed by atoms with Crippen LogP contribution in [0.5, 0.6) is 0 Å². The predicted octanol–water partition coefficient (Wildman–Crippen LogP) is 3.11. The maximum Gasteiger partial charge on any atom is 0.315 e. The molecular weight excluding hydrogens is 214 g/mol. The van der Waals surface area contributed by atoms with Gasteiger partial charge in [0.1, 0.15) is 5.38 Å². The summed E-state index contributed by atoms with van der Waals surface area (Å²) < 4.78 is 5.41. The number of hydrogen-bond donors (Lipinski definition) is 1. The van der Waals surface area contributed by atoms with Crippen molar-refractivity contribution in [3.8, 4) is 0 Å². The summed E-state index contributed by atoms with van der Waals surface area (Å²) in [4.78, 5) is 0. The first-order valence-corrected chi connectivity index (χ1v) is 5.84. The van der Waals surface area contributed by atoms with Crippen molar-refractivity contribution in [1.82, 2.24) is 10.2 Å². The summed E-state index contributed by atoms with van der Waals surface area (Å²) in [5.74, 6) is 0.477. The third-order valence-electron chi connectivity index (χ3n) is 3.14. The lowest BCUT2D eigenvalue weighted by atomic mass is 9.75. The minimum atomic E-state index is -0.230. The van der Waals surface area contributed by atoms with Crippen LogP contribution in [0.2, 0.25) is 0 Å². The maximum absolute atomic E-state index is 5.85. The SMILES string of the molecule is CCC1(Nc2nnc(C(C)Cl)o2)CCC1. The van der Waals surface area contributed by atoms with E-state index in [0.29, 0.717) is 11.9 Å². The molecule has 1 N–H and O–H groups in total. The average Bonchev–Trinajstić information content (AvgIpc) is 2.59. The Hall–Kier alpha value is -0.770. The van der Waals surface area contributed by atoms with Gasteiger partial charge in [0.25, 0.3) is 0 Å². The molecule has 1 aliphatic carbocycles. The van der Waals surface area contributed by atoms with Crippen LogP contribution in [-0.4, -0.2) is 15.7 Å². The van der Waals surface area contributed by atoms with Crippen molar-refractivity contribution in [2.24, 2.45) is 0 Å². The number of aromatic nitrogens is 2. The Bertz CT molecular complexity index is 328. The normalized spacial score (nSPS) is 20.7. The van der Waals surface area contributed by atoms with E-state index in [2.05, 4.69) is 22.4 Å². The second-order valence-electron chi connectivity index (χ2n) is 4.17. The summed E-state index contributed by atoms with van der Waals surface area (Å²) in [5, 5.41) is 10.9. The van der Waals surface area contributed by atoms with Gasteiger partial charge < -0.3 is 9.73 Å². The molecule has 1 unspecified atom stereocenters. The molecule has 1 saturated carbocycles. The van der Waals surface area contributed by atoms with Crippen molar-refractivity contribution in [3.63, 3.8) is 0 Å². The molecule has 1 aromatic rings. The van der Waals surface area contributed by atoms with Gasteiger partial charge >= 0.3 is 6.01 Å². The lowest BCUT2D eigenvalue weighted by molar-refractivity contribution is 0.262. The molecule has 1 aliphatic rings. The lowest BCUT2D eigenvalue weighted by Crippen LogP contribution is -2.44. The van der Waals surface area contributed by atoms with Crippen LogP contribution in [0.25, 0.3) is 0 Å². The summed E-state index contributed by atoms with van der Waals surface area (Å²) in [5.41, 5.74) is 0.180. The molecule has 0 spiro atoms. The molecule has 84 valence electrons. The van der Waals surface area contributed by atoms with Crippen molar-refractivity contribution < 1.29 is 4.42 Å². The third-order valence-corrected chi connectivity index (χ3v) is 3.33. The minimum Gasteiger partial charge on any atom is -0.406 e. The number of rotatable bonds is 4. The van der Waals surface area contributed by atoms with Gasteiger partial charge in [0.2, 0.25) is 5.89 Å². The van der Waals surface area contributed by atoms with E-state index in [-0.39, 0.29) is 10.9 Å². The summed E-state index contributed by atoms with van der Waals surface area (Å²) in [6.45, 7) is 3.99. The molecule has 0 aliphatic heterocycles. The number of nitrogens with zero attached hydrogens (tertiary/aromatic N) is 2. The van der Waals surface area contributed by atoms with Gasteiger partial charge in [-0.05, 0) is 32.6 Å². The quantitative estimate of drug-likeness (QED) is 0.806. The van der Waals surface area contributed by atoms with Gasteiger partial charge in [-0.1, -0.05) is 12.0 Å². The molecule has 0 saturated heterocycles. The molecular formula is C10H16ClN3O. The second kappa shape index (κ2) is 4.00. The predicted molar refractivity (Wildman–Crippen MR) is 59.1 cm³/mol. The van der Waals surface area contributed by atoms with Crippen molar-refractivity contribution >= 4 is 17.6 Å². The summed E-state index contributed by atoms with van der Waals surface area (Å²) in [6, 6.07) is 0.499. The van der Waals surface area contributed by atoms with Crippen LogP contribution in [0, 0.1) is 0 Å². The van der Waals surface area contributed by atoms with E-state index in [0.717, 1.165) is 6.42 Å². The van der Waals surface area contributed by atoms with Crippen molar-refractivity contribution in [2.75, 3.05) is 5.32 Å². The highest BCUT2D eigenvalue weighted by Gasteiger charge is 2.36. The molecule has 15 heavy (non-hydrogen) atoms. The van der Waals surface area contributed by atoms with Crippen LogP contribution in [0.3, 0.4) is 0 Å². The smallest absolute Gasteiger partial charge is 0.315 e. The molecule has 1 heterocycles. The molecule has 0 aromatic carbocycles. The Morgan fingerprint density at radius 3 is 2.67 bits per heavy atom. The molecule has 0 radical (unpaired) electrons. The van der Waals surface area contributed by atoms with E-state index in [1.165, 1.54) is 19.3 Å². The Labute approximate surface area is 94.4 Å². The van der Waals surface area contributed by atoms with Crippen LogP contribution in [0.1, 0.15) is 50.8 Å². The Balaban J connectivity index is 2.04. The number of anilines is 1. The molecule has 1 atom stereocenters. The third kappa shape index (κ3) is 2.09. The Morgan fingerprint density at radius 1 is 1.53 bits per heavy atom. The van der Waals surface area contributed by atoms with E-state index >= 15 is 0 Å². The number of nitrogens with one attached hydrogen (secondary N) is 1. The zero-order chi connectivity index (χ0) is 10.9. The Kier molecular flexibility index (Phi) is 2.87. The molecule has 5 heteroatoms. The number of alkyl halides is 1. The Morgan fingerprint density at radius 2 is 2.27 bits per heavy atom. The van der Waals surface area contributed by atoms with E-state index in [4.69, 9.17) is 16.0 Å². The lowest BCUT2D eigenvalue weighted by Gasteiger charge is -2.41. The van der Waals surface area contributed by atoms with Crippen molar-refractivity contribution in [2.45, 2.75) is 50.4 Å². The van der Waals surface area contributed by atoms with Crippen LogP contribution < -0.4 is 5.32 Å². The number of hydrogen-bond acceptors (Lipinski definition) is 4. The molecule has 0 amide bonds. The fourth-order valence-electron chi connectivity index (χ4n) is 1.84. The summed E-state index contributed by atoms with van der Waals surface area (Å²) in [6.07, 6.45) is 4.71. The van der Waals surface area contributed by atoms with Gasteiger partial charge in [0.05, 0.1) is 0 Å². The van der Waals surface area contributed by atoms with Crippen LogP contribution in [0.4, 0.5) is 6.01 Å². The highest BCUT2D eigenvalue weighted by atomic mass is 35.5. The van der Waals surface area contributed by atoms with E-state index in [1.54, 1.807) is 0 Å². The fourth-order valence-corrected chi connectivity index (χ4v) is 1.93. The molecule has 0 bridgehead atoms. The van der Waals surface area contributed by atoms with Crippen LogP contribution in [0.15, 0.2) is 4.42 Å². The van der Waals surface area contributed by atoms with E-state index in [1.807, 2.05) is 6.92 Å².